The molecule has 2 aliphatic rings. The lowest BCUT2D eigenvalue weighted by Crippen LogP contribution is -2.37. The van der Waals surface area contributed by atoms with Crippen LogP contribution >= 0.6 is 11.6 Å². The van der Waals surface area contributed by atoms with Crippen LogP contribution in [0, 0.1) is 0 Å². The molecule has 1 atom stereocenters. The van der Waals surface area contributed by atoms with Gasteiger partial charge in [0.15, 0.2) is 11.0 Å². The second kappa shape index (κ2) is 4.65. The first kappa shape index (κ1) is 11.6. The van der Waals surface area contributed by atoms with Crippen molar-refractivity contribution < 1.29 is 14.0 Å². The minimum Gasteiger partial charge on any atom is -0.443 e. The van der Waals surface area contributed by atoms with E-state index in [1.54, 1.807) is 12.1 Å². The van der Waals surface area contributed by atoms with Gasteiger partial charge in [0.2, 0.25) is 6.10 Å². The Morgan fingerprint density at radius 1 is 1.39 bits per heavy atom. The van der Waals surface area contributed by atoms with Crippen molar-refractivity contribution in [1.29, 1.82) is 0 Å². The Balaban J connectivity index is 1.65. The molecule has 3 rings (SSSR count). The van der Waals surface area contributed by atoms with Crippen LogP contribution in [0.1, 0.15) is 25.0 Å². The van der Waals surface area contributed by atoms with Gasteiger partial charge in [-0.25, -0.2) is 0 Å². The van der Waals surface area contributed by atoms with Crippen LogP contribution in [0.25, 0.3) is 0 Å². The molecular formula is C12H13ClN2O3. The zero-order chi connectivity index (χ0) is 12.5. The largest absolute Gasteiger partial charge is 0.443 e. The van der Waals surface area contributed by atoms with E-state index in [0.29, 0.717) is 23.1 Å². The molecule has 1 saturated heterocycles. The van der Waals surface area contributed by atoms with E-state index in [0.717, 1.165) is 25.9 Å². The van der Waals surface area contributed by atoms with Gasteiger partial charge in [0, 0.05) is 19.5 Å². The zero-order valence-electron chi connectivity index (χ0n) is 9.76. The van der Waals surface area contributed by atoms with Crippen LogP contribution in [0.3, 0.4) is 0 Å². The second-order valence-electron chi connectivity index (χ2n) is 4.47. The Hall–Kier alpha value is -1.49. The van der Waals surface area contributed by atoms with Crippen molar-refractivity contribution >= 4 is 23.2 Å². The Morgan fingerprint density at radius 3 is 2.83 bits per heavy atom. The summed E-state index contributed by atoms with van der Waals surface area (Å²) in [4.78, 5) is 19.1. The summed E-state index contributed by atoms with van der Waals surface area (Å²) in [6, 6.07) is 3.38. The molecule has 0 spiro atoms. The van der Waals surface area contributed by atoms with Gasteiger partial charge in [0.25, 0.3) is 5.91 Å². The summed E-state index contributed by atoms with van der Waals surface area (Å²) in [5.74, 6) is 0.584. The Bertz CT molecular complexity index is 491. The van der Waals surface area contributed by atoms with Gasteiger partial charge in [0.1, 0.15) is 5.71 Å². The molecule has 0 aliphatic carbocycles. The van der Waals surface area contributed by atoms with Crippen molar-refractivity contribution in [3.8, 4) is 0 Å². The fourth-order valence-electron chi connectivity index (χ4n) is 2.27. The maximum absolute atomic E-state index is 12.1. The van der Waals surface area contributed by atoms with Crippen LogP contribution in [-0.2, 0) is 9.63 Å². The minimum absolute atomic E-state index is 0.0175. The van der Waals surface area contributed by atoms with E-state index >= 15 is 0 Å². The highest BCUT2D eigenvalue weighted by atomic mass is 35.5. The molecular weight excluding hydrogens is 256 g/mol. The number of oxime groups is 1. The molecule has 2 aliphatic heterocycles. The third kappa shape index (κ3) is 2.10. The third-order valence-electron chi connectivity index (χ3n) is 3.22. The Labute approximate surface area is 109 Å². The Kier molecular flexibility index (Phi) is 2.99. The summed E-state index contributed by atoms with van der Waals surface area (Å²) in [5, 5.41) is 4.22. The quantitative estimate of drug-likeness (QED) is 0.825. The van der Waals surface area contributed by atoms with E-state index in [-0.39, 0.29) is 5.91 Å². The minimum atomic E-state index is -0.512. The number of likely N-dealkylation sites (tertiary alicyclic amines) is 1. The zero-order valence-corrected chi connectivity index (χ0v) is 10.5. The summed E-state index contributed by atoms with van der Waals surface area (Å²) >= 11 is 5.70. The normalized spacial score (nSPS) is 23.1. The number of hydrogen-bond donors (Lipinski definition) is 0. The highest BCUT2D eigenvalue weighted by Crippen LogP contribution is 2.22. The van der Waals surface area contributed by atoms with Crippen molar-refractivity contribution in [1.82, 2.24) is 4.90 Å². The lowest BCUT2D eigenvalue weighted by Gasteiger charge is -2.17. The SMILES string of the molecule is O=C([C@@H]1CC(c2ccc(Cl)o2)=NO1)N1CCCC1. The number of rotatable bonds is 2. The second-order valence-corrected chi connectivity index (χ2v) is 4.84. The molecule has 0 bridgehead atoms. The maximum atomic E-state index is 12.1. The molecule has 0 radical (unpaired) electrons. The molecule has 0 aromatic carbocycles. The molecule has 1 aromatic rings. The van der Waals surface area contributed by atoms with Gasteiger partial charge in [-0.05, 0) is 36.6 Å². The highest BCUT2D eigenvalue weighted by molar-refractivity contribution is 6.29. The average molecular weight is 269 g/mol. The van der Waals surface area contributed by atoms with Crippen LogP contribution in [-0.4, -0.2) is 35.7 Å². The average Bonchev–Trinajstić information content (AvgIpc) is 3.09. The van der Waals surface area contributed by atoms with Crippen molar-refractivity contribution in [2.75, 3.05) is 13.1 Å². The van der Waals surface area contributed by atoms with Gasteiger partial charge in [-0.3, -0.25) is 4.79 Å². The summed E-state index contributed by atoms with van der Waals surface area (Å²) in [6.45, 7) is 1.64. The van der Waals surface area contributed by atoms with Gasteiger partial charge in [-0.15, -0.1) is 0 Å². The van der Waals surface area contributed by atoms with Crippen molar-refractivity contribution in [2.24, 2.45) is 5.16 Å². The topological polar surface area (TPSA) is 55.0 Å². The van der Waals surface area contributed by atoms with Crippen LogP contribution in [0.5, 0.6) is 0 Å². The van der Waals surface area contributed by atoms with Gasteiger partial charge >= 0.3 is 0 Å². The van der Waals surface area contributed by atoms with Crippen molar-refractivity contribution in [3.63, 3.8) is 0 Å². The fraction of sp³-hybridized carbons (Fsp3) is 0.500. The molecule has 18 heavy (non-hydrogen) atoms. The van der Waals surface area contributed by atoms with Gasteiger partial charge in [-0.1, -0.05) is 5.16 Å². The predicted octanol–water partition coefficient (Wildman–Crippen LogP) is 2.05. The van der Waals surface area contributed by atoms with Crippen LogP contribution in [0.2, 0.25) is 5.22 Å². The molecule has 5 nitrogen and oxygen atoms in total. The number of carbonyl (C=O) groups excluding carboxylic acids is 1. The lowest BCUT2D eigenvalue weighted by atomic mass is 10.1. The first-order chi connectivity index (χ1) is 8.74. The molecule has 1 fully saturated rings. The van der Waals surface area contributed by atoms with Crippen molar-refractivity contribution in [2.45, 2.75) is 25.4 Å². The van der Waals surface area contributed by atoms with E-state index < -0.39 is 6.10 Å². The van der Waals surface area contributed by atoms with E-state index in [2.05, 4.69) is 5.16 Å². The van der Waals surface area contributed by atoms with Gasteiger partial charge in [0.05, 0.1) is 0 Å². The summed E-state index contributed by atoms with van der Waals surface area (Å²) < 4.78 is 5.25. The molecule has 0 N–H and O–H groups in total. The molecule has 96 valence electrons. The number of amides is 1. The maximum Gasteiger partial charge on any atom is 0.266 e. The van der Waals surface area contributed by atoms with E-state index in [1.807, 2.05) is 4.90 Å². The number of hydrogen-bond acceptors (Lipinski definition) is 4. The van der Waals surface area contributed by atoms with E-state index in [1.165, 1.54) is 0 Å². The molecule has 0 saturated carbocycles. The molecule has 1 amide bonds. The van der Waals surface area contributed by atoms with Gasteiger partial charge in [-0.2, -0.15) is 0 Å². The van der Waals surface area contributed by atoms with Gasteiger partial charge < -0.3 is 14.2 Å². The third-order valence-corrected chi connectivity index (χ3v) is 3.42. The number of nitrogens with zero attached hydrogens (tertiary/aromatic N) is 2. The predicted molar refractivity (Wildman–Crippen MR) is 65.6 cm³/mol. The van der Waals surface area contributed by atoms with E-state index in [4.69, 9.17) is 20.9 Å². The van der Waals surface area contributed by atoms with Crippen LogP contribution < -0.4 is 0 Å². The first-order valence-corrected chi connectivity index (χ1v) is 6.39. The van der Waals surface area contributed by atoms with Crippen molar-refractivity contribution in [3.05, 3.63) is 23.1 Å². The number of halogens is 1. The fourth-order valence-corrected chi connectivity index (χ4v) is 2.41. The van der Waals surface area contributed by atoms with Crippen LogP contribution in [0.4, 0.5) is 0 Å². The van der Waals surface area contributed by atoms with Crippen LogP contribution in [0.15, 0.2) is 21.7 Å². The summed E-state index contributed by atoms with van der Waals surface area (Å²) in [5.41, 5.74) is 0.638. The summed E-state index contributed by atoms with van der Waals surface area (Å²) in [6.07, 6.45) is 2.07. The van der Waals surface area contributed by atoms with E-state index in [9.17, 15) is 4.79 Å². The molecule has 6 heteroatoms. The monoisotopic (exact) mass is 268 g/mol. The standard InChI is InChI=1S/C12H13ClN2O3/c13-11-4-3-9(17-11)8-7-10(18-14-8)12(16)15-5-1-2-6-15/h3-4,10H,1-2,5-7H2/t10-/m0/s1. The number of carbonyl (C=O) groups is 1. The Morgan fingerprint density at radius 2 is 2.17 bits per heavy atom. The highest BCUT2D eigenvalue weighted by Gasteiger charge is 2.34. The first-order valence-electron chi connectivity index (χ1n) is 6.01. The summed E-state index contributed by atoms with van der Waals surface area (Å²) in [7, 11) is 0. The number of furan rings is 1. The molecule has 3 heterocycles. The molecule has 1 aromatic heterocycles. The molecule has 0 unspecified atom stereocenters. The smallest absolute Gasteiger partial charge is 0.266 e. The lowest BCUT2D eigenvalue weighted by molar-refractivity contribution is -0.140.